The molecule has 0 radical (unpaired) electrons. The predicted molar refractivity (Wildman–Crippen MR) is 116 cm³/mol. The Balaban J connectivity index is 1.43. The molecule has 3 aliphatic heterocycles. The summed E-state index contributed by atoms with van der Waals surface area (Å²) >= 11 is 0. The van der Waals surface area contributed by atoms with Gasteiger partial charge in [0.25, 0.3) is 5.91 Å². The van der Waals surface area contributed by atoms with E-state index in [4.69, 9.17) is 9.47 Å². The Morgan fingerprint density at radius 1 is 1.03 bits per heavy atom. The molecule has 6 rings (SSSR count). The van der Waals surface area contributed by atoms with Crippen LogP contribution < -0.4 is 9.46 Å². The lowest BCUT2D eigenvalue weighted by Gasteiger charge is -2.42. The molecule has 1 amide bonds. The SMILES string of the molecule is O=C1COc2c(F)cc(F)cc2C2CCC(CC2)OCC2[C@@H](NS(=O)(=O)C3CC3)CCCN12. The van der Waals surface area contributed by atoms with Gasteiger partial charge in [0, 0.05) is 24.2 Å². The number of benzene rings is 1. The Labute approximate surface area is 192 Å². The summed E-state index contributed by atoms with van der Waals surface area (Å²) in [6.07, 6.45) is 5.39. The van der Waals surface area contributed by atoms with Gasteiger partial charge < -0.3 is 14.4 Å². The number of nitrogens with one attached hydrogen (secondary N) is 1. The van der Waals surface area contributed by atoms with Gasteiger partial charge in [-0.15, -0.1) is 0 Å². The number of halogens is 2. The predicted octanol–water partition coefficient (Wildman–Crippen LogP) is 2.84. The summed E-state index contributed by atoms with van der Waals surface area (Å²) in [7, 11) is -3.43. The Bertz CT molecular complexity index is 1010. The molecule has 1 N–H and O–H groups in total. The standard InChI is InChI=1S/C23H30F2N2O5S/c24-15-10-18-14-3-5-16(6-4-14)31-12-21-20(26-33(29,30)17-7-8-17)2-1-9-27(21)22(28)13-32-23(18)19(25)11-15/h10-11,14,16-17,20-21,26H,1-9,12-13H2/t14?,16?,20-,21?/m0/s1. The zero-order valence-electron chi connectivity index (χ0n) is 18.5. The first kappa shape index (κ1) is 23.0. The molecule has 2 aliphatic carbocycles. The van der Waals surface area contributed by atoms with Crippen molar-refractivity contribution in [1.29, 1.82) is 0 Å². The first-order valence-corrected chi connectivity index (χ1v) is 13.4. The van der Waals surface area contributed by atoms with E-state index in [0.717, 1.165) is 18.9 Å². The maximum absolute atomic E-state index is 14.7. The summed E-state index contributed by atoms with van der Waals surface area (Å²) in [5.74, 6) is -1.96. The van der Waals surface area contributed by atoms with Crippen LogP contribution in [0.25, 0.3) is 0 Å². The zero-order chi connectivity index (χ0) is 23.2. The van der Waals surface area contributed by atoms with Crippen molar-refractivity contribution in [2.45, 2.75) is 80.7 Å². The fourth-order valence-corrected chi connectivity index (χ4v) is 7.07. The molecule has 33 heavy (non-hydrogen) atoms. The summed E-state index contributed by atoms with van der Waals surface area (Å²) in [4.78, 5) is 14.8. The molecule has 1 aromatic rings. The molecule has 2 saturated carbocycles. The number of nitrogens with zero attached hydrogens (tertiary/aromatic N) is 1. The Morgan fingerprint density at radius 3 is 2.52 bits per heavy atom. The lowest BCUT2D eigenvalue weighted by molar-refractivity contribution is -0.140. The minimum atomic E-state index is -3.43. The number of amides is 1. The van der Waals surface area contributed by atoms with E-state index in [1.54, 1.807) is 4.90 Å². The van der Waals surface area contributed by atoms with Crippen LogP contribution in [0.3, 0.4) is 0 Å². The van der Waals surface area contributed by atoms with Crippen molar-refractivity contribution < 1.29 is 31.5 Å². The lowest BCUT2D eigenvalue weighted by Crippen LogP contribution is -2.60. The highest BCUT2D eigenvalue weighted by molar-refractivity contribution is 7.90. The topological polar surface area (TPSA) is 84.9 Å². The molecule has 5 aliphatic rings. The number of carbonyl (C=O) groups is 1. The Kier molecular flexibility index (Phi) is 6.35. The van der Waals surface area contributed by atoms with Crippen LogP contribution in [-0.4, -0.2) is 62.4 Å². The largest absolute Gasteiger partial charge is 0.480 e. The third-order valence-corrected chi connectivity index (χ3v) is 9.35. The van der Waals surface area contributed by atoms with Gasteiger partial charge in [0.1, 0.15) is 5.82 Å². The highest BCUT2D eigenvalue weighted by Gasteiger charge is 2.42. The molecule has 7 nitrogen and oxygen atoms in total. The molecule has 0 aromatic heterocycles. The van der Waals surface area contributed by atoms with Crippen molar-refractivity contribution >= 4 is 15.9 Å². The van der Waals surface area contributed by atoms with Crippen molar-refractivity contribution in [2.75, 3.05) is 19.8 Å². The molecule has 0 spiro atoms. The van der Waals surface area contributed by atoms with Crippen molar-refractivity contribution in [3.05, 3.63) is 29.3 Å². The van der Waals surface area contributed by atoms with Crippen molar-refractivity contribution in [2.24, 2.45) is 0 Å². The van der Waals surface area contributed by atoms with Crippen LogP contribution >= 0.6 is 0 Å². The van der Waals surface area contributed by atoms with Crippen LogP contribution in [0, 0.1) is 11.6 Å². The first-order valence-electron chi connectivity index (χ1n) is 11.9. The Hall–Kier alpha value is -1.78. The maximum atomic E-state index is 14.7. The van der Waals surface area contributed by atoms with Crippen molar-refractivity contribution in [3.8, 4) is 5.75 Å². The summed E-state index contributed by atoms with van der Waals surface area (Å²) in [5.41, 5.74) is 0.461. The van der Waals surface area contributed by atoms with Gasteiger partial charge in [-0.25, -0.2) is 21.9 Å². The molecule has 1 unspecified atom stereocenters. The van der Waals surface area contributed by atoms with E-state index in [9.17, 15) is 22.0 Å². The second-order valence-electron chi connectivity index (χ2n) is 9.67. The molecular weight excluding hydrogens is 454 g/mol. The van der Waals surface area contributed by atoms with Crippen LogP contribution in [0.2, 0.25) is 0 Å². The summed E-state index contributed by atoms with van der Waals surface area (Å²) in [6, 6.07) is 1.19. The smallest absolute Gasteiger partial charge is 0.260 e. The van der Waals surface area contributed by atoms with Crippen LogP contribution in [0.1, 0.15) is 62.8 Å². The highest BCUT2D eigenvalue weighted by Crippen LogP contribution is 2.40. The quantitative estimate of drug-likeness (QED) is 0.713. The highest BCUT2D eigenvalue weighted by atomic mass is 32.2. The lowest BCUT2D eigenvalue weighted by atomic mass is 9.82. The van der Waals surface area contributed by atoms with Gasteiger partial charge >= 0.3 is 0 Å². The first-order chi connectivity index (χ1) is 15.8. The number of piperidine rings is 1. The van der Waals surface area contributed by atoms with Crippen LogP contribution in [0.15, 0.2) is 12.1 Å². The zero-order valence-corrected chi connectivity index (χ0v) is 19.3. The van der Waals surface area contributed by atoms with E-state index in [2.05, 4.69) is 4.72 Å². The van der Waals surface area contributed by atoms with E-state index in [0.29, 0.717) is 50.6 Å². The number of fused-ring (bicyclic) bond motifs is 5. The monoisotopic (exact) mass is 484 g/mol. The summed E-state index contributed by atoms with van der Waals surface area (Å²) < 4.78 is 68.6. The number of hydrogen-bond donors (Lipinski definition) is 1. The Morgan fingerprint density at radius 2 is 1.79 bits per heavy atom. The normalized spacial score (nSPS) is 31.0. The number of sulfonamides is 1. The van der Waals surface area contributed by atoms with Gasteiger partial charge in [-0.2, -0.15) is 0 Å². The minimum Gasteiger partial charge on any atom is -0.480 e. The molecule has 2 bridgehead atoms. The van der Waals surface area contributed by atoms with Gasteiger partial charge in [0.15, 0.2) is 18.2 Å². The van der Waals surface area contributed by atoms with Crippen LogP contribution in [0.5, 0.6) is 5.75 Å². The molecule has 3 fully saturated rings. The number of ether oxygens (including phenoxy) is 2. The van der Waals surface area contributed by atoms with E-state index in [-0.39, 0.29) is 35.5 Å². The molecule has 182 valence electrons. The van der Waals surface area contributed by atoms with Crippen molar-refractivity contribution in [3.63, 3.8) is 0 Å². The molecule has 1 saturated heterocycles. The number of carbonyl (C=O) groups excluding carboxylic acids is 1. The van der Waals surface area contributed by atoms with Gasteiger partial charge in [-0.05, 0) is 63.4 Å². The van der Waals surface area contributed by atoms with Crippen LogP contribution in [0.4, 0.5) is 8.78 Å². The summed E-state index contributed by atoms with van der Waals surface area (Å²) in [6.45, 7) is 0.281. The second-order valence-corrected chi connectivity index (χ2v) is 11.7. The van der Waals surface area contributed by atoms with E-state index in [1.165, 1.54) is 6.07 Å². The minimum absolute atomic E-state index is 0.0376. The molecule has 2 atom stereocenters. The third-order valence-electron chi connectivity index (χ3n) is 7.37. The fourth-order valence-electron chi connectivity index (χ4n) is 5.42. The van der Waals surface area contributed by atoms with Gasteiger partial charge in [-0.3, -0.25) is 4.79 Å². The average Bonchev–Trinajstić information content (AvgIpc) is 3.63. The van der Waals surface area contributed by atoms with Crippen LogP contribution in [-0.2, 0) is 19.6 Å². The van der Waals surface area contributed by atoms with Gasteiger partial charge in [0.2, 0.25) is 10.0 Å². The van der Waals surface area contributed by atoms with E-state index < -0.39 is 40.3 Å². The number of hydrogen-bond acceptors (Lipinski definition) is 5. The van der Waals surface area contributed by atoms with Gasteiger partial charge in [-0.1, -0.05) is 0 Å². The third kappa shape index (κ3) is 4.88. The molecule has 3 heterocycles. The number of rotatable bonds is 3. The molecular formula is C23H30F2N2O5S. The molecule has 1 aromatic carbocycles. The van der Waals surface area contributed by atoms with E-state index in [1.807, 2.05) is 0 Å². The summed E-state index contributed by atoms with van der Waals surface area (Å²) in [5, 5.41) is -0.349. The molecule has 10 heteroatoms. The fraction of sp³-hybridized carbons (Fsp3) is 0.696. The van der Waals surface area contributed by atoms with Gasteiger partial charge in [0.05, 0.1) is 24.0 Å². The maximum Gasteiger partial charge on any atom is 0.260 e. The average molecular weight is 485 g/mol. The second kappa shape index (κ2) is 9.11. The van der Waals surface area contributed by atoms with E-state index >= 15 is 0 Å². The van der Waals surface area contributed by atoms with Crippen molar-refractivity contribution in [1.82, 2.24) is 9.62 Å².